The van der Waals surface area contributed by atoms with Crippen LogP contribution < -0.4 is 0 Å². The van der Waals surface area contributed by atoms with Gasteiger partial charge in [0, 0.05) is 5.56 Å². The van der Waals surface area contributed by atoms with Crippen molar-refractivity contribution in [2.45, 2.75) is 21.9 Å². The maximum atomic E-state index is 12.6. The fraction of sp³-hybridized carbons (Fsp3) is 0.0625. The number of aryl methyl sites for hydroxylation is 1. The van der Waals surface area contributed by atoms with Gasteiger partial charge in [0.15, 0.2) is 5.09 Å². The van der Waals surface area contributed by atoms with Crippen LogP contribution in [0.4, 0.5) is 0 Å². The lowest BCUT2D eigenvalue weighted by atomic mass is 10.2. The number of thiol groups is 1. The number of hydrogen-bond donors (Lipinski definition) is 1. The number of sulfone groups is 1. The number of nitrogens with zero attached hydrogens (tertiary/aromatic N) is 1. The zero-order valence-electron chi connectivity index (χ0n) is 11.7. The molecule has 0 saturated carbocycles. The minimum absolute atomic E-state index is 0.0144. The Balaban J connectivity index is 2.09. The minimum atomic E-state index is -3.75. The first-order valence-corrected chi connectivity index (χ1v) is 8.48. The van der Waals surface area contributed by atoms with Crippen molar-refractivity contribution >= 4 is 22.5 Å². The van der Waals surface area contributed by atoms with Crippen LogP contribution in [-0.2, 0) is 9.84 Å². The summed E-state index contributed by atoms with van der Waals surface area (Å²) in [7, 11) is -3.75. The topological polar surface area (TPSA) is 60.2 Å². The first-order valence-electron chi connectivity index (χ1n) is 6.55. The summed E-state index contributed by atoms with van der Waals surface area (Å²) in [4.78, 5) is 4.29. The van der Waals surface area contributed by atoms with Crippen LogP contribution in [0.5, 0.6) is 0 Å². The molecule has 4 nitrogen and oxygen atoms in total. The molecule has 2 aromatic carbocycles. The average Bonchev–Trinajstić information content (AvgIpc) is 2.91. The summed E-state index contributed by atoms with van der Waals surface area (Å²) in [5, 5.41) is -0.182. The van der Waals surface area contributed by atoms with E-state index in [1.54, 1.807) is 36.4 Å². The van der Waals surface area contributed by atoms with Crippen LogP contribution in [0.25, 0.3) is 11.5 Å². The van der Waals surface area contributed by atoms with E-state index in [4.69, 9.17) is 4.42 Å². The molecule has 0 spiro atoms. The molecular weight excluding hydrogens is 318 g/mol. The van der Waals surface area contributed by atoms with Crippen molar-refractivity contribution < 1.29 is 12.8 Å². The van der Waals surface area contributed by atoms with Crippen LogP contribution in [-0.4, -0.2) is 13.4 Å². The lowest BCUT2D eigenvalue weighted by Crippen LogP contribution is -2.03. The van der Waals surface area contributed by atoms with Crippen molar-refractivity contribution in [2.24, 2.45) is 0 Å². The number of aromatic nitrogens is 1. The summed E-state index contributed by atoms with van der Waals surface area (Å²) in [6.45, 7) is 1.89. The van der Waals surface area contributed by atoms with Gasteiger partial charge in [-0.1, -0.05) is 35.9 Å². The Hall–Kier alpha value is -2.05. The van der Waals surface area contributed by atoms with Crippen LogP contribution in [0.15, 0.2) is 74.0 Å². The van der Waals surface area contributed by atoms with Gasteiger partial charge in [0.25, 0.3) is 0 Å². The second kappa shape index (κ2) is 5.62. The van der Waals surface area contributed by atoms with E-state index < -0.39 is 9.84 Å². The molecule has 0 bridgehead atoms. The minimum Gasteiger partial charge on any atom is -0.429 e. The second-order valence-electron chi connectivity index (χ2n) is 4.81. The summed E-state index contributed by atoms with van der Waals surface area (Å²) in [5.41, 5.74) is 1.68. The van der Waals surface area contributed by atoms with E-state index in [1.807, 2.05) is 25.1 Å². The molecule has 3 aromatic rings. The Bertz CT molecular complexity index is 898. The fourth-order valence-electron chi connectivity index (χ4n) is 2.01. The maximum Gasteiger partial charge on any atom is 0.228 e. The summed E-state index contributed by atoms with van der Waals surface area (Å²) in [6.07, 6.45) is 0. The molecule has 0 atom stereocenters. The predicted molar refractivity (Wildman–Crippen MR) is 85.8 cm³/mol. The zero-order chi connectivity index (χ0) is 15.7. The summed E-state index contributed by atoms with van der Waals surface area (Å²) >= 11 is 4.12. The van der Waals surface area contributed by atoms with Crippen LogP contribution in [0, 0.1) is 6.92 Å². The van der Waals surface area contributed by atoms with Crippen molar-refractivity contribution in [2.75, 3.05) is 0 Å². The molecule has 0 aliphatic carbocycles. The third kappa shape index (κ3) is 2.67. The third-order valence-electron chi connectivity index (χ3n) is 3.19. The number of oxazole rings is 1. The third-order valence-corrected chi connectivity index (χ3v) is 5.32. The van der Waals surface area contributed by atoms with Crippen molar-refractivity contribution in [3.8, 4) is 11.5 Å². The Kier molecular flexibility index (Phi) is 3.80. The van der Waals surface area contributed by atoms with E-state index in [9.17, 15) is 8.42 Å². The molecule has 0 amide bonds. The van der Waals surface area contributed by atoms with Gasteiger partial charge in [-0.2, -0.15) is 4.98 Å². The fourth-order valence-corrected chi connectivity index (χ4v) is 3.70. The molecule has 0 unspecified atom stereocenters. The van der Waals surface area contributed by atoms with E-state index in [0.29, 0.717) is 5.56 Å². The van der Waals surface area contributed by atoms with Gasteiger partial charge >= 0.3 is 0 Å². The summed E-state index contributed by atoms with van der Waals surface area (Å²) in [6, 6.07) is 15.7. The van der Waals surface area contributed by atoms with Gasteiger partial charge in [0.05, 0.1) is 4.90 Å². The number of benzene rings is 2. The Morgan fingerprint density at radius 1 is 1.00 bits per heavy atom. The van der Waals surface area contributed by atoms with E-state index >= 15 is 0 Å². The lowest BCUT2D eigenvalue weighted by Gasteiger charge is -2.01. The van der Waals surface area contributed by atoms with Crippen molar-refractivity contribution in [1.82, 2.24) is 4.98 Å². The average molecular weight is 331 g/mol. The highest BCUT2D eigenvalue weighted by molar-refractivity contribution is 7.92. The molecule has 0 saturated heterocycles. The summed E-state index contributed by atoms with van der Waals surface area (Å²) < 4.78 is 30.7. The highest BCUT2D eigenvalue weighted by Crippen LogP contribution is 2.30. The predicted octanol–water partition coefficient (Wildman–Crippen LogP) is 3.77. The van der Waals surface area contributed by atoms with Gasteiger partial charge in [-0.3, -0.25) is 0 Å². The largest absolute Gasteiger partial charge is 0.429 e. The van der Waals surface area contributed by atoms with Gasteiger partial charge in [-0.25, -0.2) is 8.42 Å². The van der Waals surface area contributed by atoms with Gasteiger partial charge < -0.3 is 4.42 Å². The van der Waals surface area contributed by atoms with Gasteiger partial charge in [0.1, 0.15) is 0 Å². The van der Waals surface area contributed by atoms with E-state index in [2.05, 4.69) is 17.6 Å². The lowest BCUT2D eigenvalue weighted by molar-refractivity contribution is 0.472. The molecule has 1 aromatic heterocycles. The molecule has 0 radical (unpaired) electrons. The molecule has 3 rings (SSSR count). The van der Waals surface area contributed by atoms with E-state index in [1.165, 1.54) is 0 Å². The van der Waals surface area contributed by atoms with Crippen LogP contribution in [0.1, 0.15) is 5.56 Å². The van der Waals surface area contributed by atoms with Crippen LogP contribution >= 0.6 is 12.6 Å². The van der Waals surface area contributed by atoms with Crippen molar-refractivity contribution in [3.05, 3.63) is 60.2 Å². The van der Waals surface area contributed by atoms with Gasteiger partial charge in [-0.15, -0.1) is 12.6 Å². The number of rotatable bonds is 3. The molecule has 22 heavy (non-hydrogen) atoms. The smallest absolute Gasteiger partial charge is 0.228 e. The Labute approximate surface area is 134 Å². The van der Waals surface area contributed by atoms with Crippen molar-refractivity contribution in [1.29, 1.82) is 0 Å². The van der Waals surface area contributed by atoms with Gasteiger partial charge in [-0.05, 0) is 31.2 Å². The Morgan fingerprint density at radius 2 is 1.64 bits per heavy atom. The van der Waals surface area contributed by atoms with Crippen molar-refractivity contribution in [3.63, 3.8) is 0 Å². The highest BCUT2D eigenvalue weighted by Gasteiger charge is 2.26. The van der Waals surface area contributed by atoms with Crippen LogP contribution in [0.3, 0.4) is 0 Å². The molecule has 0 N–H and O–H groups in total. The Morgan fingerprint density at radius 3 is 2.27 bits per heavy atom. The van der Waals surface area contributed by atoms with Crippen LogP contribution in [0.2, 0.25) is 0 Å². The summed E-state index contributed by atoms with van der Waals surface area (Å²) in [5.74, 6) is 0.233. The quantitative estimate of drug-likeness (QED) is 0.742. The zero-order valence-corrected chi connectivity index (χ0v) is 13.4. The molecule has 1 heterocycles. The maximum absolute atomic E-state index is 12.6. The highest BCUT2D eigenvalue weighted by atomic mass is 32.2. The first-order chi connectivity index (χ1) is 10.5. The molecule has 0 aliphatic rings. The SMILES string of the molecule is Cc1ccc(S(=O)(=O)c2nc(-c3ccccc3)oc2S)cc1. The molecule has 6 heteroatoms. The monoisotopic (exact) mass is 331 g/mol. The van der Waals surface area contributed by atoms with E-state index in [0.717, 1.165) is 5.56 Å². The first kappa shape index (κ1) is 14.9. The number of hydrogen-bond acceptors (Lipinski definition) is 5. The normalized spacial score (nSPS) is 11.5. The van der Waals surface area contributed by atoms with E-state index in [-0.39, 0.29) is 20.9 Å². The standard InChI is InChI=1S/C16H13NO3S2/c1-11-7-9-13(10-8-11)22(18,19)15-16(21)20-14(17-15)12-5-3-2-4-6-12/h2-10,21H,1H3. The molecule has 112 valence electrons. The second-order valence-corrected chi connectivity index (χ2v) is 7.08. The molecule has 0 fully saturated rings. The molecule has 0 aliphatic heterocycles. The molecular formula is C16H13NO3S2. The van der Waals surface area contributed by atoms with Gasteiger partial charge in [0.2, 0.25) is 20.8 Å².